The van der Waals surface area contributed by atoms with Crippen molar-refractivity contribution in [2.24, 2.45) is 0 Å². The first-order chi connectivity index (χ1) is 8.43. The number of aromatic nitrogens is 1. The molecule has 4 nitrogen and oxygen atoms in total. The van der Waals surface area contributed by atoms with E-state index in [1.807, 2.05) is 20.8 Å². The summed E-state index contributed by atoms with van der Waals surface area (Å²) in [6.45, 7) is 8.01. The van der Waals surface area contributed by atoms with Crippen LogP contribution in [-0.4, -0.2) is 22.2 Å². The molecular formula is C14H21NO3. The number of hydrogen-bond acceptors (Lipinski definition) is 3. The molecule has 1 heterocycles. The third-order valence-corrected chi connectivity index (χ3v) is 2.68. The van der Waals surface area contributed by atoms with Crippen molar-refractivity contribution in [1.29, 1.82) is 0 Å². The molecule has 1 N–H and O–H groups in total. The highest BCUT2D eigenvalue weighted by molar-refractivity contribution is 5.88. The maximum atomic E-state index is 11.1. The second-order valence-corrected chi connectivity index (χ2v) is 4.80. The van der Waals surface area contributed by atoms with Gasteiger partial charge in [-0.15, -0.1) is 0 Å². The summed E-state index contributed by atoms with van der Waals surface area (Å²) in [5, 5.41) is 9.07. The Labute approximate surface area is 108 Å². The van der Waals surface area contributed by atoms with E-state index in [1.165, 1.54) is 6.07 Å². The monoisotopic (exact) mass is 251 g/mol. The van der Waals surface area contributed by atoms with E-state index in [1.54, 1.807) is 6.07 Å². The normalized spacial score (nSPS) is 12.5. The van der Waals surface area contributed by atoms with Gasteiger partial charge in [0.15, 0.2) is 0 Å². The first-order valence-corrected chi connectivity index (χ1v) is 6.36. The molecule has 0 amide bonds. The molecule has 0 aliphatic heterocycles. The maximum Gasteiger partial charge on any atom is 0.335 e. The molecule has 0 saturated heterocycles. The molecule has 1 aromatic heterocycles. The van der Waals surface area contributed by atoms with Crippen LogP contribution in [0.2, 0.25) is 0 Å². The van der Waals surface area contributed by atoms with Crippen molar-refractivity contribution in [2.75, 3.05) is 0 Å². The zero-order chi connectivity index (χ0) is 13.7. The van der Waals surface area contributed by atoms with E-state index in [9.17, 15) is 4.79 Å². The van der Waals surface area contributed by atoms with Crippen LogP contribution in [0.1, 0.15) is 62.5 Å². The second kappa shape index (κ2) is 6.38. The zero-order valence-corrected chi connectivity index (χ0v) is 11.4. The molecular weight excluding hydrogens is 230 g/mol. The van der Waals surface area contributed by atoms with Crippen LogP contribution in [-0.2, 0) is 0 Å². The molecule has 0 radical (unpaired) electrons. The van der Waals surface area contributed by atoms with Crippen molar-refractivity contribution >= 4 is 5.97 Å². The third kappa shape index (κ3) is 4.02. The predicted octanol–water partition coefficient (Wildman–Crippen LogP) is 3.47. The summed E-state index contributed by atoms with van der Waals surface area (Å²) >= 11 is 0. The van der Waals surface area contributed by atoms with Crippen LogP contribution < -0.4 is 4.74 Å². The van der Waals surface area contributed by atoms with Gasteiger partial charge in [0.1, 0.15) is 0 Å². The van der Waals surface area contributed by atoms with Gasteiger partial charge in [-0.3, -0.25) is 0 Å². The fourth-order valence-corrected chi connectivity index (χ4v) is 1.68. The summed E-state index contributed by atoms with van der Waals surface area (Å²) in [6, 6.07) is 3.09. The molecule has 1 aromatic rings. The zero-order valence-electron chi connectivity index (χ0n) is 11.4. The Morgan fingerprint density at radius 3 is 2.56 bits per heavy atom. The van der Waals surface area contributed by atoms with E-state index in [0.29, 0.717) is 5.88 Å². The largest absolute Gasteiger partial charge is 0.478 e. The highest BCUT2D eigenvalue weighted by atomic mass is 16.5. The highest BCUT2D eigenvalue weighted by Crippen LogP contribution is 2.20. The number of carbonyl (C=O) groups is 1. The lowest BCUT2D eigenvalue weighted by atomic mass is 10.1. The van der Waals surface area contributed by atoms with Crippen LogP contribution in [0.4, 0.5) is 0 Å². The summed E-state index contributed by atoms with van der Waals surface area (Å²) in [4.78, 5) is 15.4. The van der Waals surface area contributed by atoms with Crippen molar-refractivity contribution in [3.63, 3.8) is 0 Å². The summed E-state index contributed by atoms with van der Waals surface area (Å²) in [5.74, 6) is -0.375. The van der Waals surface area contributed by atoms with Crippen molar-refractivity contribution in [2.45, 2.75) is 52.6 Å². The summed E-state index contributed by atoms with van der Waals surface area (Å²) < 4.78 is 5.66. The van der Waals surface area contributed by atoms with Gasteiger partial charge in [0.2, 0.25) is 5.88 Å². The third-order valence-electron chi connectivity index (χ3n) is 2.68. The smallest absolute Gasteiger partial charge is 0.335 e. The number of nitrogens with zero attached hydrogens (tertiary/aromatic N) is 1. The van der Waals surface area contributed by atoms with Gasteiger partial charge in [-0.2, -0.15) is 0 Å². The minimum atomic E-state index is -0.952. The van der Waals surface area contributed by atoms with Crippen molar-refractivity contribution in [1.82, 2.24) is 4.98 Å². The highest BCUT2D eigenvalue weighted by Gasteiger charge is 2.13. The number of rotatable bonds is 6. The molecule has 100 valence electrons. The topological polar surface area (TPSA) is 59.4 Å². The van der Waals surface area contributed by atoms with E-state index < -0.39 is 5.97 Å². The Balaban J connectivity index is 2.99. The van der Waals surface area contributed by atoms with E-state index in [4.69, 9.17) is 9.84 Å². The number of hydrogen-bond donors (Lipinski definition) is 1. The second-order valence-electron chi connectivity index (χ2n) is 4.80. The van der Waals surface area contributed by atoms with Crippen LogP contribution in [0.25, 0.3) is 0 Å². The lowest BCUT2D eigenvalue weighted by Crippen LogP contribution is -2.13. The first kappa shape index (κ1) is 14.5. The average molecular weight is 251 g/mol. The van der Waals surface area contributed by atoms with Crippen LogP contribution in [0.3, 0.4) is 0 Å². The molecule has 0 spiro atoms. The fraction of sp³-hybridized carbons (Fsp3) is 0.571. The number of ether oxygens (including phenoxy) is 1. The SMILES string of the molecule is CCCC(C)Oc1cc(C(=O)O)cc(C(C)C)n1. The first-order valence-electron chi connectivity index (χ1n) is 6.36. The van der Waals surface area contributed by atoms with Gasteiger partial charge in [0.25, 0.3) is 0 Å². The van der Waals surface area contributed by atoms with Crippen LogP contribution in [0, 0.1) is 0 Å². The van der Waals surface area contributed by atoms with E-state index in [2.05, 4.69) is 11.9 Å². The van der Waals surface area contributed by atoms with Gasteiger partial charge in [-0.05, 0) is 25.3 Å². The molecule has 1 rings (SSSR count). The van der Waals surface area contributed by atoms with Gasteiger partial charge in [-0.1, -0.05) is 27.2 Å². The van der Waals surface area contributed by atoms with Crippen LogP contribution in [0.15, 0.2) is 12.1 Å². The van der Waals surface area contributed by atoms with Gasteiger partial charge < -0.3 is 9.84 Å². The molecule has 0 bridgehead atoms. The fourth-order valence-electron chi connectivity index (χ4n) is 1.68. The molecule has 4 heteroatoms. The Morgan fingerprint density at radius 2 is 2.06 bits per heavy atom. The minimum absolute atomic E-state index is 0.0477. The molecule has 18 heavy (non-hydrogen) atoms. The quantitative estimate of drug-likeness (QED) is 0.841. The number of pyridine rings is 1. The molecule has 1 unspecified atom stereocenters. The lowest BCUT2D eigenvalue weighted by molar-refractivity contribution is 0.0695. The Kier molecular flexibility index (Phi) is 5.13. The number of carboxylic acids is 1. The van der Waals surface area contributed by atoms with Gasteiger partial charge in [0.05, 0.1) is 11.7 Å². The minimum Gasteiger partial charge on any atom is -0.478 e. The summed E-state index contributed by atoms with van der Waals surface area (Å²) in [5.41, 5.74) is 0.973. The Bertz CT molecular complexity index is 416. The standard InChI is InChI=1S/C14H21NO3/c1-5-6-10(4)18-13-8-11(14(16)17)7-12(15-13)9(2)3/h7-10H,5-6H2,1-4H3,(H,16,17). The van der Waals surface area contributed by atoms with Gasteiger partial charge in [-0.25, -0.2) is 9.78 Å². The maximum absolute atomic E-state index is 11.1. The number of aromatic carboxylic acids is 1. The van der Waals surface area contributed by atoms with E-state index in [0.717, 1.165) is 18.5 Å². The van der Waals surface area contributed by atoms with E-state index >= 15 is 0 Å². The average Bonchev–Trinajstić information content (AvgIpc) is 2.28. The van der Waals surface area contributed by atoms with Crippen molar-refractivity contribution in [3.8, 4) is 5.88 Å². The van der Waals surface area contributed by atoms with Crippen molar-refractivity contribution < 1.29 is 14.6 Å². The number of carboxylic acid groups (broad SMARTS) is 1. The molecule has 0 aromatic carbocycles. The predicted molar refractivity (Wildman–Crippen MR) is 70.3 cm³/mol. The Hall–Kier alpha value is -1.58. The Morgan fingerprint density at radius 1 is 1.39 bits per heavy atom. The molecule has 0 fully saturated rings. The molecule has 0 saturated carbocycles. The molecule has 1 atom stereocenters. The van der Waals surface area contributed by atoms with Crippen LogP contribution in [0.5, 0.6) is 5.88 Å². The molecule has 0 aliphatic rings. The lowest BCUT2D eigenvalue weighted by Gasteiger charge is -2.15. The van der Waals surface area contributed by atoms with Crippen molar-refractivity contribution in [3.05, 3.63) is 23.4 Å². The summed E-state index contributed by atoms with van der Waals surface area (Å²) in [6.07, 6.45) is 2.00. The molecule has 0 aliphatic carbocycles. The van der Waals surface area contributed by atoms with E-state index in [-0.39, 0.29) is 17.6 Å². The van der Waals surface area contributed by atoms with Gasteiger partial charge in [0, 0.05) is 11.8 Å². The van der Waals surface area contributed by atoms with Crippen LogP contribution >= 0.6 is 0 Å². The van der Waals surface area contributed by atoms with Gasteiger partial charge >= 0.3 is 5.97 Å². The summed E-state index contributed by atoms with van der Waals surface area (Å²) in [7, 11) is 0.